The highest BCUT2D eigenvalue weighted by Gasteiger charge is 2.13. The molecule has 1 heterocycles. The van der Waals surface area contributed by atoms with E-state index in [2.05, 4.69) is 27.3 Å². The van der Waals surface area contributed by atoms with Crippen molar-refractivity contribution in [1.29, 1.82) is 0 Å². The van der Waals surface area contributed by atoms with Gasteiger partial charge in [0.2, 0.25) is 5.91 Å². The van der Waals surface area contributed by atoms with E-state index in [1.54, 1.807) is 11.3 Å². The van der Waals surface area contributed by atoms with Crippen molar-refractivity contribution in [2.24, 2.45) is 5.73 Å². The van der Waals surface area contributed by atoms with E-state index in [0.29, 0.717) is 13.0 Å². The lowest BCUT2D eigenvalue weighted by atomic mass is 10.1. The molecule has 106 valence electrons. The number of hydrogen-bond acceptors (Lipinski definition) is 3. The lowest BCUT2D eigenvalue weighted by molar-refractivity contribution is -0.122. The zero-order chi connectivity index (χ0) is 14.4. The number of amides is 1. The number of benzene rings is 1. The number of thiophene rings is 1. The molecule has 1 atom stereocenters. The van der Waals surface area contributed by atoms with Crippen LogP contribution in [0.2, 0.25) is 0 Å². The van der Waals surface area contributed by atoms with Gasteiger partial charge in [-0.25, -0.2) is 0 Å². The SMILES string of the molecule is N[C@@H](Cc1ccccc1)C(=O)NCCc1ccc(Br)s1. The van der Waals surface area contributed by atoms with Crippen molar-refractivity contribution >= 4 is 33.2 Å². The van der Waals surface area contributed by atoms with Crippen LogP contribution in [0.5, 0.6) is 0 Å². The van der Waals surface area contributed by atoms with Gasteiger partial charge in [0.25, 0.3) is 0 Å². The highest BCUT2D eigenvalue weighted by Crippen LogP contribution is 2.22. The molecule has 0 aliphatic rings. The minimum absolute atomic E-state index is 0.0931. The molecule has 2 aromatic rings. The number of nitrogens with two attached hydrogens (primary N) is 1. The lowest BCUT2D eigenvalue weighted by Gasteiger charge is -2.12. The summed E-state index contributed by atoms with van der Waals surface area (Å²) >= 11 is 5.11. The Kier molecular flexibility index (Phi) is 5.76. The summed E-state index contributed by atoms with van der Waals surface area (Å²) in [6, 6.07) is 13.4. The van der Waals surface area contributed by atoms with Crippen LogP contribution in [0.15, 0.2) is 46.3 Å². The highest BCUT2D eigenvalue weighted by molar-refractivity contribution is 9.11. The normalized spacial score (nSPS) is 12.1. The van der Waals surface area contributed by atoms with E-state index >= 15 is 0 Å². The Hall–Kier alpha value is -1.17. The first-order chi connectivity index (χ1) is 9.65. The molecule has 0 spiro atoms. The number of halogens is 1. The molecule has 20 heavy (non-hydrogen) atoms. The van der Waals surface area contributed by atoms with E-state index in [1.165, 1.54) is 4.88 Å². The molecule has 0 unspecified atom stereocenters. The Bertz CT molecular complexity index is 556. The summed E-state index contributed by atoms with van der Waals surface area (Å²) in [5.74, 6) is -0.0931. The van der Waals surface area contributed by atoms with Gasteiger partial charge in [0, 0.05) is 11.4 Å². The molecular weight excluding hydrogens is 336 g/mol. The van der Waals surface area contributed by atoms with Crippen LogP contribution in [0.4, 0.5) is 0 Å². The van der Waals surface area contributed by atoms with Crippen LogP contribution in [-0.2, 0) is 17.6 Å². The molecule has 1 amide bonds. The molecular formula is C15H17BrN2OS. The molecule has 0 fully saturated rings. The molecule has 3 nitrogen and oxygen atoms in total. The third-order valence-electron chi connectivity index (χ3n) is 2.93. The van der Waals surface area contributed by atoms with E-state index in [-0.39, 0.29) is 5.91 Å². The zero-order valence-corrected chi connectivity index (χ0v) is 13.4. The topological polar surface area (TPSA) is 55.1 Å². The quantitative estimate of drug-likeness (QED) is 0.839. The van der Waals surface area contributed by atoms with Crippen molar-refractivity contribution in [3.63, 3.8) is 0 Å². The van der Waals surface area contributed by atoms with Crippen LogP contribution < -0.4 is 11.1 Å². The monoisotopic (exact) mass is 352 g/mol. The van der Waals surface area contributed by atoms with E-state index < -0.39 is 6.04 Å². The standard InChI is InChI=1S/C15H17BrN2OS/c16-14-7-6-12(20-14)8-9-18-15(19)13(17)10-11-4-2-1-3-5-11/h1-7,13H,8-10,17H2,(H,18,19)/t13-/m0/s1. The van der Waals surface area contributed by atoms with Crippen molar-refractivity contribution in [3.8, 4) is 0 Å². The van der Waals surface area contributed by atoms with Crippen molar-refractivity contribution in [1.82, 2.24) is 5.32 Å². The minimum Gasteiger partial charge on any atom is -0.354 e. The second-order valence-corrected chi connectivity index (χ2v) is 7.09. The second-order valence-electron chi connectivity index (χ2n) is 4.54. The first-order valence-corrected chi connectivity index (χ1v) is 8.07. The van der Waals surface area contributed by atoms with Gasteiger partial charge < -0.3 is 11.1 Å². The number of rotatable bonds is 6. The molecule has 0 saturated heterocycles. The Morgan fingerprint density at radius 3 is 2.65 bits per heavy atom. The van der Waals surface area contributed by atoms with Crippen molar-refractivity contribution in [2.45, 2.75) is 18.9 Å². The van der Waals surface area contributed by atoms with Gasteiger partial charge in [-0.2, -0.15) is 0 Å². The molecule has 0 radical (unpaired) electrons. The van der Waals surface area contributed by atoms with E-state index in [1.807, 2.05) is 36.4 Å². The molecule has 0 bridgehead atoms. The summed E-state index contributed by atoms with van der Waals surface area (Å²) in [4.78, 5) is 13.1. The summed E-state index contributed by atoms with van der Waals surface area (Å²) in [7, 11) is 0. The van der Waals surface area contributed by atoms with Gasteiger partial charge in [0.1, 0.15) is 0 Å². The fraction of sp³-hybridized carbons (Fsp3) is 0.267. The molecule has 3 N–H and O–H groups in total. The fourth-order valence-corrected chi connectivity index (χ4v) is 3.37. The smallest absolute Gasteiger partial charge is 0.237 e. The molecule has 0 aliphatic heterocycles. The van der Waals surface area contributed by atoms with E-state index in [9.17, 15) is 4.79 Å². The maximum Gasteiger partial charge on any atom is 0.237 e. The van der Waals surface area contributed by atoms with Gasteiger partial charge in [0.15, 0.2) is 0 Å². The van der Waals surface area contributed by atoms with Gasteiger partial charge in [-0.3, -0.25) is 4.79 Å². The summed E-state index contributed by atoms with van der Waals surface area (Å²) in [6.45, 7) is 0.619. The molecule has 1 aromatic heterocycles. The van der Waals surface area contributed by atoms with Gasteiger partial charge in [-0.1, -0.05) is 30.3 Å². The van der Waals surface area contributed by atoms with Crippen LogP contribution in [0, 0.1) is 0 Å². The number of nitrogens with one attached hydrogen (secondary N) is 1. The van der Waals surface area contributed by atoms with Crippen molar-refractivity contribution < 1.29 is 4.79 Å². The minimum atomic E-state index is -0.493. The average molecular weight is 353 g/mol. The first-order valence-electron chi connectivity index (χ1n) is 6.46. The molecule has 0 saturated carbocycles. The summed E-state index contributed by atoms with van der Waals surface area (Å²) < 4.78 is 1.11. The summed E-state index contributed by atoms with van der Waals surface area (Å²) in [5.41, 5.74) is 7.00. The van der Waals surface area contributed by atoms with Gasteiger partial charge in [0.05, 0.1) is 9.83 Å². The predicted molar refractivity (Wildman–Crippen MR) is 86.9 cm³/mol. The van der Waals surface area contributed by atoms with Gasteiger partial charge >= 0.3 is 0 Å². The summed E-state index contributed by atoms with van der Waals surface area (Å²) in [5, 5.41) is 2.89. The Labute approximate surface area is 131 Å². The van der Waals surface area contributed by atoms with E-state index in [4.69, 9.17) is 5.73 Å². The second kappa shape index (κ2) is 7.57. The Morgan fingerprint density at radius 2 is 2.00 bits per heavy atom. The van der Waals surface area contributed by atoms with Crippen LogP contribution in [-0.4, -0.2) is 18.5 Å². The Morgan fingerprint density at radius 1 is 1.25 bits per heavy atom. The van der Waals surface area contributed by atoms with Crippen LogP contribution in [0.25, 0.3) is 0 Å². The molecule has 5 heteroatoms. The Balaban J connectivity index is 1.74. The molecule has 0 aliphatic carbocycles. The maximum absolute atomic E-state index is 11.9. The van der Waals surface area contributed by atoms with Crippen LogP contribution >= 0.6 is 27.3 Å². The largest absolute Gasteiger partial charge is 0.354 e. The third kappa shape index (κ3) is 4.74. The predicted octanol–water partition coefficient (Wildman–Crippen LogP) is 2.74. The molecule has 2 rings (SSSR count). The van der Waals surface area contributed by atoms with Crippen LogP contribution in [0.1, 0.15) is 10.4 Å². The highest BCUT2D eigenvalue weighted by atomic mass is 79.9. The van der Waals surface area contributed by atoms with E-state index in [0.717, 1.165) is 15.8 Å². The maximum atomic E-state index is 11.9. The zero-order valence-electron chi connectivity index (χ0n) is 11.0. The number of carbonyl (C=O) groups is 1. The summed E-state index contributed by atoms with van der Waals surface area (Å²) in [6.07, 6.45) is 1.40. The van der Waals surface area contributed by atoms with Crippen molar-refractivity contribution in [3.05, 3.63) is 56.7 Å². The first kappa shape index (κ1) is 15.2. The third-order valence-corrected chi connectivity index (χ3v) is 4.62. The lowest BCUT2D eigenvalue weighted by Crippen LogP contribution is -2.42. The van der Waals surface area contributed by atoms with Crippen LogP contribution in [0.3, 0.4) is 0 Å². The van der Waals surface area contributed by atoms with Crippen molar-refractivity contribution in [2.75, 3.05) is 6.54 Å². The van der Waals surface area contributed by atoms with Gasteiger partial charge in [-0.05, 0) is 46.5 Å². The molecule has 1 aromatic carbocycles. The fourth-order valence-electron chi connectivity index (χ4n) is 1.89. The number of hydrogen-bond donors (Lipinski definition) is 2. The average Bonchev–Trinajstić information content (AvgIpc) is 2.85. The van der Waals surface area contributed by atoms with Gasteiger partial charge in [-0.15, -0.1) is 11.3 Å². The number of carbonyl (C=O) groups excluding carboxylic acids is 1.